The molecule has 0 saturated heterocycles. The molecule has 30 heavy (non-hydrogen) atoms. The van der Waals surface area contributed by atoms with Crippen molar-refractivity contribution in [1.29, 1.82) is 0 Å². The van der Waals surface area contributed by atoms with Crippen LogP contribution in [0.4, 0.5) is 11.5 Å². The molecule has 2 aromatic heterocycles. The lowest BCUT2D eigenvalue weighted by atomic mass is 9.89. The predicted molar refractivity (Wildman–Crippen MR) is 117 cm³/mol. The van der Waals surface area contributed by atoms with Crippen molar-refractivity contribution in [2.45, 2.75) is 25.7 Å². The van der Waals surface area contributed by atoms with Gasteiger partial charge in [0, 0.05) is 33.8 Å². The van der Waals surface area contributed by atoms with Crippen molar-refractivity contribution in [2.24, 2.45) is 0 Å². The summed E-state index contributed by atoms with van der Waals surface area (Å²) < 4.78 is 0. The van der Waals surface area contributed by atoms with E-state index in [1.807, 2.05) is 6.07 Å². The largest absolute Gasteiger partial charge is 0.383 e. The third kappa shape index (κ3) is 3.07. The highest BCUT2D eigenvalue weighted by Crippen LogP contribution is 2.39. The number of nitrogen functional groups attached to an aromatic ring is 1. The minimum absolute atomic E-state index is 0.0447. The van der Waals surface area contributed by atoms with Gasteiger partial charge in [-0.15, -0.1) is 0 Å². The van der Waals surface area contributed by atoms with Crippen LogP contribution < -0.4 is 5.73 Å². The lowest BCUT2D eigenvalue weighted by molar-refractivity contribution is -0.384. The second kappa shape index (κ2) is 7.11. The number of pyridine rings is 1. The topological polar surface area (TPSA) is 111 Å². The number of nitrogens with one attached hydrogen (secondary N) is 1. The number of nitro benzene ring substituents is 1. The Hall–Kier alpha value is -3.45. The molecule has 0 aliphatic heterocycles. The summed E-state index contributed by atoms with van der Waals surface area (Å²) in [6.45, 7) is 0. The van der Waals surface area contributed by atoms with Gasteiger partial charge in [-0.2, -0.15) is 5.10 Å². The molecule has 0 saturated carbocycles. The molecule has 2 heterocycles. The van der Waals surface area contributed by atoms with Crippen molar-refractivity contribution >= 4 is 34.1 Å². The minimum atomic E-state index is -0.443. The molecule has 0 spiro atoms. The van der Waals surface area contributed by atoms with Gasteiger partial charge < -0.3 is 5.73 Å². The van der Waals surface area contributed by atoms with Crippen molar-refractivity contribution in [3.05, 3.63) is 68.7 Å². The van der Waals surface area contributed by atoms with Gasteiger partial charge in [0.25, 0.3) is 5.69 Å². The number of rotatable bonds is 3. The van der Waals surface area contributed by atoms with E-state index in [1.165, 1.54) is 42.2 Å². The molecule has 0 amide bonds. The average Bonchev–Trinajstić information content (AvgIpc) is 3.14. The first-order valence-electron chi connectivity index (χ1n) is 9.72. The van der Waals surface area contributed by atoms with Crippen LogP contribution in [-0.2, 0) is 12.8 Å². The number of benzene rings is 2. The molecule has 1 aliphatic carbocycles. The number of aromatic nitrogens is 3. The summed E-state index contributed by atoms with van der Waals surface area (Å²) in [6, 6.07) is 12.6. The van der Waals surface area contributed by atoms with E-state index in [4.69, 9.17) is 17.3 Å². The number of nitrogens with zero attached hydrogens (tertiary/aromatic N) is 3. The van der Waals surface area contributed by atoms with Crippen molar-refractivity contribution in [1.82, 2.24) is 15.2 Å². The second-order valence-corrected chi connectivity index (χ2v) is 7.91. The van der Waals surface area contributed by atoms with E-state index < -0.39 is 4.92 Å². The first kappa shape index (κ1) is 18.6. The molecule has 7 nitrogen and oxygen atoms in total. The normalized spacial score (nSPS) is 13.4. The van der Waals surface area contributed by atoms with Gasteiger partial charge >= 0.3 is 0 Å². The maximum atomic E-state index is 11.3. The van der Waals surface area contributed by atoms with Crippen LogP contribution in [0.15, 0.2) is 42.5 Å². The zero-order valence-electron chi connectivity index (χ0n) is 16.0. The van der Waals surface area contributed by atoms with Gasteiger partial charge in [0.15, 0.2) is 5.65 Å². The number of anilines is 1. The van der Waals surface area contributed by atoms with E-state index in [0.717, 1.165) is 24.1 Å². The van der Waals surface area contributed by atoms with Crippen LogP contribution in [0, 0.1) is 10.1 Å². The van der Waals surface area contributed by atoms with Crippen LogP contribution in [0.25, 0.3) is 33.4 Å². The summed E-state index contributed by atoms with van der Waals surface area (Å²) in [4.78, 5) is 15.6. The fourth-order valence-electron chi connectivity index (χ4n) is 4.13. The van der Waals surface area contributed by atoms with Crippen LogP contribution in [0.5, 0.6) is 0 Å². The number of aromatic amines is 1. The van der Waals surface area contributed by atoms with E-state index in [-0.39, 0.29) is 5.69 Å². The number of hydrogen-bond acceptors (Lipinski definition) is 5. The lowest BCUT2D eigenvalue weighted by Gasteiger charge is -2.17. The summed E-state index contributed by atoms with van der Waals surface area (Å²) >= 11 is 6.43. The summed E-state index contributed by atoms with van der Waals surface area (Å²) in [7, 11) is 0. The van der Waals surface area contributed by atoms with Crippen LogP contribution in [0.3, 0.4) is 0 Å². The molecule has 0 unspecified atom stereocenters. The van der Waals surface area contributed by atoms with Crippen molar-refractivity contribution < 1.29 is 4.92 Å². The maximum absolute atomic E-state index is 11.3. The van der Waals surface area contributed by atoms with E-state index in [9.17, 15) is 10.1 Å². The fraction of sp³-hybridized carbons (Fsp3) is 0.182. The number of nitro groups is 1. The third-order valence-corrected chi connectivity index (χ3v) is 5.98. The van der Waals surface area contributed by atoms with Crippen LogP contribution in [0.2, 0.25) is 5.02 Å². The first-order valence-corrected chi connectivity index (χ1v) is 10.1. The highest BCUT2D eigenvalue weighted by Gasteiger charge is 2.19. The number of non-ortho nitro benzene ring substituents is 1. The second-order valence-electron chi connectivity index (χ2n) is 7.50. The zero-order chi connectivity index (χ0) is 20.8. The molecule has 0 radical (unpaired) electrons. The zero-order valence-corrected chi connectivity index (χ0v) is 16.7. The van der Waals surface area contributed by atoms with Crippen LogP contribution in [0.1, 0.15) is 24.0 Å². The summed E-state index contributed by atoms with van der Waals surface area (Å²) in [5.74, 6) is 0.340. The molecule has 3 N–H and O–H groups in total. The van der Waals surface area contributed by atoms with Crippen molar-refractivity contribution in [2.75, 3.05) is 5.73 Å². The molecule has 2 aromatic carbocycles. The predicted octanol–water partition coefficient (Wildman–Crippen LogP) is 5.31. The Balaban J connectivity index is 1.74. The number of halogens is 1. The Morgan fingerprint density at radius 2 is 1.83 bits per heavy atom. The highest BCUT2D eigenvalue weighted by molar-refractivity contribution is 6.34. The van der Waals surface area contributed by atoms with Crippen molar-refractivity contribution in [3.63, 3.8) is 0 Å². The summed E-state index contributed by atoms with van der Waals surface area (Å²) in [5, 5.41) is 19.3. The van der Waals surface area contributed by atoms with Gasteiger partial charge in [0.2, 0.25) is 0 Å². The number of nitrogens with two attached hydrogens (primary N) is 1. The monoisotopic (exact) mass is 419 g/mol. The van der Waals surface area contributed by atoms with E-state index in [1.54, 1.807) is 0 Å². The third-order valence-electron chi connectivity index (χ3n) is 5.65. The van der Waals surface area contributed by atoms with E-state index in [0.29, 0.717) is 33.0 Å². The first-order chi connectivity index (χ1) is 14.5. The number of aryl methyl sites for hydroxylation is 2. The number of hydrogen-bond donors (Lipinski definition) is 2. The number of fused-ring (bicyclic) bond motifs is 2. The summed E-state index contributed by atoms with van der Waals surface area (Å²) in [5.41, 5.74) is 12.1. The number of H-pyrrole nitrogens is 1. The molecule has 1 aliphatic rings. The molecular weight excluding hydrogens is 402 g/mol. The average molecular weight is 420 g/mol. The minimum Gasteiger partial charge on any atom is -0.383 e. The van der Waals surface area contributed by atoms with Gasteiger partial charge in [-0.3, -0.25) is 15.2 Å². The SMILES string of the molecule is Nc1[nH]nc2nc(-c3ccc4c(c3)CCCC4)cc(-c3cc([N+](=O)[O-])ccc3Cl)c12. The fourth-order valence-corrected chi connectivity index (χ4v) is 4.35. The maximum Gasteiger partial charge on any atom is 0.270 e. The van der Waals surface area contributed by atoms with Gasteiger partial charge in [-0.05, 0) is 55.0 Å². The van der Waals surface area contributed by atoms with Gasteiger partial charge in [-0.1, -0.05) is 23.7 Å². The molecule has 150 valence electrons. The Bertz CT molecular complexity index is 1310. The van der Waals surface area contributed by atoms with Gasteiger partial charge in [-0.25, -0.2) is 4.98 Å². The molecule has 0 fully saturated rings. The molecule has 4 aromatic rings. The molecule has 8 heteroatoms. The Labute approximate surface area is 177 Å². The molecule has 0 bridgehead atoms. The lowest BCUT2D eigenvalue weighted by Crippen LogP contribution is -2.02. The highest BCUT2D eigenvalue weighted by atomic mass is 35.5. The molecule has 0 atom stereocenters. The molecule has 5 rings (SSSR count). The Morgan fingerprint density at radius 1 is 1.03 bits per heavy atom. The standard InChI is InChI=1S/C22H18ClN5O2/c23-18-8-7-15(28(29)30)10-16(18)17-11-19(25-22-20(17)21(24)26-27-22)14-6-5-12-3-1-2-4-13(12)9-14/h5-11H,1-4H2,(H3,24,25,26,27). The molecular formula is C22H18ClN5O2. The van der Waals surface area contributed by atoms with E-state index in [2.05, 4.69) is 33.4 Å². The van der Waals surface area contributed by atoms with Crippen LogP contribution >= 0.6 is 11.6 Å². The van der Waals surface area contributed by atoms with Gasteiger partial charge in [0.1, 0.15) is 5.82 Å². The van der Waals surface area contributed by atoms with E-state index >= 15 is 0 Å². The summed E-state index contributed by atoms with van der Waals surface area (Å²) in [6.07, 6.45) is 4.57. The quantitative estimate of drug-likeness (QED) is 0.345. The Kier molecular flexibility index (Phi) is 4.40. The van der Waals surface area contributed by atoms with Crippen LogP contribution in [-0.4, -0.2) is 20.1 Å². The van der Waals surface area contributed by atoms with Gasteiger partial charge in [0.05, 0.1) is 16.0 Å². The Morgan fingerprint density at radius 3 is 2.63 bits per heavy atom. The van der Waals surface area contributed by atoms with Crippen molar-refractivity contribution in [3.8, 4) is 22.4 Å². The smallest absolute Gasteiger partial charge is 0.270 e.